The second-order valence-electron chi connectivity index (χ2n) is 4.11. The molecule has 9 heteroatoms. The van der Waals surface area contributed by atoms with Crippen molar-refractivity contribution in [3.8, 4) is 0 Å². The monoisotopic (exact) mass is 309 g/mol. The van der Waals surface area contributed by atoms with Gasteiger partial charge in [-0.1, -0.05) is 16.8 Å². The van der Waals surface area contributed by atoms with Gasteiger partial charge in [-0.3, -0.25) is 9.48 Å². The minimum atomic E-state index is -1.11. The highest BCUT2D eigenvalue weighted by Crippen LogP contribution is 2.23. The summed E-state index contributed by atoms with van der Waals surface area (Å²) in [7, 11) is 0. The third-order valence-corrected chi connectivity index (χ3v) is 2.92. The van der Waals surface area contributed by atoms with Crippen molar-refractivity contribution in [3.05, 3.63) is 40.7 Å². The number of nitrogens with two attached hydrogens (primary N) is 1. The number of halogens is 1. The lowest BCUT2D eigenvalue weighted by Crippen LogP contribution is -2.13. The molecule has 0 spiro atoms. The van der Waals surface area contributed by atoms with Crippen LogP contribution in [-0.4, -0.2) is 38.5 Å². The Bertz CT molecular complexity index is 685. The summed E-state index contributed by atoms with van der Waals surface area (Å²) in [6, 6.07) is 4.01. The van der Waals surface area contributed by atoms with Gasteiger partial charge in [-0.2, -0.15) is 0 Å². The van der Waals surface area contributed by atoms with E-state index in [0.717, 1.165) is 0 Å². The van der Waals surface area contributed by atoms with E-state index in [1.165, 1.54) is 29.1 Å². The van der Waals surface area contributed by atoms with Gasteiger partial charge in [0.05, 0.1) is 29.0 Å². The molecule has 4 N–H and O–H groups in total. The van der Waals surface area contributed by atoms with Gasteiger partial charge in [-0.15, -0.1) is 5.10 Å². The molecule has 110 valence electrons. The van der Waals surface area contributed by atoms with Gasteiger partial charge in [0.15, 0.2) is 5.69 Å². The molecule has 0 aliphatic rings. The Morgan fingerprint density at radius 3 is 2.86 bits per heavy atom. The quantitative estimate of drug-likeness (QED) is 0.752. The zero-order valence-electron chi connectivity index (χ0n) is 10.8. The summed E-state index contributed by atoms with van der Waals surface area (Å²) in [6.45, 7) is 0.812. The number of carboxylic acid groups (broad SMARTS) is 1. The van der Waals surface area contributed by atoms with Gasteiger partial charge in [0, 0.05) is 6.54 Å². The number of carboxylic acids is 1. The van der Waals surface area contributed by atoms with Crippen LogP contribution in [0.25, 0.3) is 0 Å². The van der Waals surface area contributed by atoms with Gasteiger partial charge >= 0.3 is 5.97 Å². The Balaban J connectivity index is 2.18. The fourth-order valence-electron chi connectivity index (χ4n) is 1.58. The van der Waals surface area contributed by atoms with E-state index in [0.29, 0.717) is 13.1 Å². The molecule has 2 aromatic rings. The predicted octanol–water partition coefficient (Wildman–Crippen LogP) is 0.841. The van der Waals surface area contributed by atoms with Crippen LogP contribution in [0.1, 0.15) is 20.8 Å². The number of nitrogens with zero attached hydrogens (tertiary/aromatic N) is 3. The highest BCUT2D eigenvalue weighted by Gasteiger charge is 2.14. The van der Waals surface area contributed by atoms with Crippen LogP contribution in [0.5, 0.6) is 0 Å². The summed E-state index contributed by atoms with van der Waals surface area (Å²) in [6.07, 6.45) is 1.44. The van der Waals surface area contributed by atoms with Crippen LogP contribution < -0.4 is 11.1 Å². The first kappa shape index (κ1) is 14.9. The number of nitrogens with one attached hydrogen (secondary N) is 1. The van der Waals surface area contributed by atoms with Crippen LogP contribution >= 0.6 is 11.6 Å². The van der Waals surface area contributed by atoms with E-state index < -0.39 is 11.9 Å². The summed E-state index contributed by atoms with van der Waals surface area (Å²) in [4.78, 5) is 22.9. The Morgan fingerprint density at radius 1 is 1.43 bits per heavy atom. The number of hydrogen-bond donors (Lipinski definition) is 3. The molecule has 1 heterocycles. The standard InChI is InChI=1S/C12H12ClN5O3/c13-8-2-1-7(12(20)21)5-9(8)15-11(19)10-6-18(4-3-14)17-16-10/h1-2,5-6H,3-4,14H2,(H,15,19)(H,20,21). The number of benzene rings is 1. The smallest absolute Gasteiger partial charge is 0.335 e. The largest absolute Gasteiger partial charge is 0.478 e. The van der Waals surface area contributed by atoms with Crippen LogP contribution in [0.15, 0.2) is 24.4 Å². The van der Waals surface area contributed by atoms with Gasteiger partial charge in [0.1, 0.15) is 0 Å². The zero-order chi connectivity index (χ0) is 15.4. The van der Waals surface area contributed by atoms with E-state index in [2.05, 4.69) is 15.6 Å². The van der Waals surface area contributed by atoms with Crippen LogP contribution in [0.2, 0.25) is 5.02 Å². The Kier molecular flexibility index (Phi) is 4.51. The van der Waals surface area contributed by atoms with E-state index in [4.69, 9.17) is 22.4 Å². The van der Waals surface area contributed by atoms with Crippen LogP contribution in [-0.2, 0) is 6.54 Å². The molecular formula is C12H12ClN5O3. The van der Waals surface area contributed by atoms with Crippen molar-refractivity contribution in [1.29, 1.82) is 0 Å². The van der Waals surface area contributed by atoms with Crippen molar-refractivity contribution in [3.63, 3.8) is 0 Å². The first-order chi connectivity index (χ1) is 10.0. The molecule has 0 aliphatic heterocycles. The maximum Gasteiger partial charge on any atom is 0.335 e. The van der Waals surface area contributed by atoms with Gasteiger partial charge in [0.2, 0.25) is 0 Å². The van der Waals surface area contributed by atoms with Crippen molar-refractivity contribution in [2.45, 2.75) is 6.54 Å². The summed E-state index contributed by atoms with van der Waals surface area (Å²) >= 11 is 5.92. The summed E-state index contributed by atoms with van der Waals surface area (Å²) < 4.78 is 1.43. The van der Waals surface area contributed by atoms with Crippen molar-refractivity contribution >= 4 is 29.2 Å². The molecule has 0 atom stereocenters. The highest BCUT2D eigenvalue weighted by atomic mass is 35.5. The van der Waals surface area contributed by atoms with E-state index in [9.17, 15) is 9.59 Å². The van der Waals surface area contributed by atoms with E-state index in [1.54, 1.807) is 0 Å². The molecule has 1 aromatic heterocycles. The lowest BCUT2D eigenvalue weighted by Gasteiger charge is -2.06. The molecular weight excluding hydrogens is 298 g/mol. The average molecular weight is 310 g/mol. The third-order valence-electron chi connectivity index (χ3n) is 2.59. The highest BCUT2D eigenvalue weighted by molar-refractivity contribution is 6.34. The van der Waals surface area contributed by atoms with Crippen LogP contribution in [0, 0.1) is 0 Å². The Hall–Kier alpha value is -2.45. The lowest BCUT2D eigenvalue weighted by atomic mass is 10.2. The summed E-state index contributed by atoms with van der Waals surface area (Å²) in [5.74, 6) is -1.65. The minimum absolute atomic E-state index is 0.0153. The van der Waals surface area contributed by atoms with Crippen molar-refractivity contribution in [2.75, 3.05) is 11.9 Å². The molecule has 1 amide bonds. The molecule has 0 radical (unpaired) electrons. The van der Waals surface area contributed by atoms with Crippen molar-refractivity contribution in [1.82, 2.24) is 15.0 Å². The molecule has 0 unspecified atom stereocenters. The first-order valence-electron chi connectivity index (χ1n) is 5.95. The molecule has 1 aromatic carbocycles. The van der Waals surface area contributed by atoms with E-state index >= 15 is 0 Å². The molecule has 0 saturated heterocycles. The number of anilines is 1. The predicted molar refractivity (Wildman–Crippen MR) is 75.4 cm³/mol. The Morgan fingerprint density at radius 2 is 2.19 bits per heavy atom. The van der Waals surface area contributed by atoms with Crippen LogP contribution in [0.3, 0.4) is 0 Å². The van der Waals surface area contributed by atoms with Gasteiger partial charge in [-0.05, 0) is 18.2 Å². The topological polar surface area (TPSA) is 123 Å². The van der Waals surface area contributed by atoms with Gasteiger partial charge < -0.3 is 16.2 Å². The summed E-state index contributed by atoms with van der Waals surface area (Å²) in [5.41, 5.74) is 5.66. The maximum absolute atomic E-state index is 12.0. The lowest BCUT2D eigenvalue weighted by molar-refractivity contribution is 0.0696. The SMILES string of the molecule is NCCn1cc(C(=O)Nc2cc(C(=O)O)ccc2Cl)nn1. The minimum Gasteiger partial charge on any atom is -0.478 e. The second-order valence-corrected chi connectivity index (χ2v) is 4.52. The number of carbonyl (C=O) groups excluding carboxylic acids is 1. The van der Waals surface area contributed by atoms with E-state index in [-0.39, 0.29) is 22.0 Å². The van der Waals surface area contributed by atoms with Crippen molar-refractivity contribution in [2.24, 2.45) is 5.73 Å². The first-order valence-corrected chi connectivity index (χ1v) is 6.33. The van der Waals surface area contributed by atoms with Crippen molar-refractivity contribution < 1.29 is 14.7 Å². The van der Waals surface area contributed by atoms with E-state index in [1.807, 2.05) is 0 Å². The molecule has 0 saturated carbocycles. The maximum atomic E-state index is 12.0. The number of hydrogen-bond acceptors (Lipinski definition) is 5. The fraction of sp³-hybridized carbons (Fsp3) is 0.167. The number of rotatable bonds is 5. The second kappa shape index (κ2) is 6.33. The molecule has 8 nitrogen and oxygen atoms in total. The average Bonchev–Trinajstić information content (AvgIpc) is 2.90. The molecule has 2 rings (SSSR count). The number of aromatic carboxylic acids is 1. The third kappa shape index (κ3) is 3.56. The van der Waals surface area contributed by atoms with Crippen LogP contribution in [0.4, 0.5) is 5.69 Å². The number of aromatic nitrogens is 3. The zero-order valence-corrected chi connectivity index (χ0v) is 11.5. The van der Waals surface area contributed by atoms with Gasteiger partial charge in [-0.25, -0.2) is 4.79 Å². The Labute approximate surface area is 124 Å². The molecule has 0 aliphatic carbocycles. The fourth-order valence-corrected chi connectivity index (χ4v) is 1.75. The number of amides is 1. The van der Waals surface area contributed by atoms with Gasteiger partial charge in [0.25, 0.3) is 5.91 Å². The molecule has 0 fully saturated rings. The number of carbonyl (C=O) groups is 2. The molecule has 21 heavy (non-hydrogen) atoms. The summed E-state index contributed by atoms with van der Waals surface area (Å²) in [5, 5.41) is 19.1. The normalized spacial score (nSPS) is 10.4. The molecule has 0 bridgehead atoms.